The van der Waals surface area contributed by atoms with Crippen LogP contribution in [-0.4, -0.2) is 37.5 Å². The Kier molecular flexibility index (Phi) is 4.39. The van der Waals surface area contributed by atoms with Crippen molar-refractivity contribution in [1.82, 2.24) is 4.90 Å². The lowest BCUT2D eigenvalue weighted by atomic mass is 9.57. The number of benzene rings is 2. The topological polar surface area (TPSA) is 66.8 Å². The summed E-state index contributed by atoms with van der Waals surface area (Å²) < 4.78 is 39.5. The minimum atomic E-state index is -4.67. The van der Waals surface area contributed by atoms with Gasteiger partial charge in [-0.1, -0.05) is 60.7 Å². The van der Waals surface area contributed by atoms with Crippen LogP contribution in [0.1, 0.15) is 30.4 Å². The summed E-state index contributed by atoms with van der Waals surface area (Å²) in [5.74, 6) is 0. The van der Waals surface area contributed by atoms with E-state index < -0.39 is 16.0 Å². The monoisotopic (exact) mass is 373 g/mol. The van der Waals surface area contributed by atoms with E-state index >= 15 is 0 Å². The third-order valence-corrected chi connectivity index (χ3v) is 6.52. The summed E-state index contributed by atoms with van der Waals surface area (Å²) in [6.07, 6.45) is 2.48. The van der Waals surface area contributed by atoms with Gasteiger partial charge in [0.15, 0.2) is 0 Å². The maximum absolute atomic E-state index is 12.0. The fraction of sp³-hybridized carbons (Fsp3) is 0.400. The standard InChI is InChI=1S/C20H23NO4S/c22-26(23,24)25-20(17-7-3-1-4-8-17,18-9-5-2-6-10-18)19-11-14-21(15-12-19)16-13-19/h1-10H,11-16H2,(H,22,23,24). The molecule has 2 aromatic rings. The normalized spacial score (nSPS) is 26.0. The van der Waals surface area contributed by atoms with Gasteiger partial charge in [-0.3, -0.25) is 4.55 Å². The molecule has 2 bridgehead atoms. The van der Waals surface area contributed by atoms with Crippen LogP contribution in [0.4, 0.5) is 0 Å². The first-order valence-electron chi connectivity index (χ1n) is 8.97. The molecule has 3 heterocycles. The Morgan fingerprint density at radius 2 is 1.27 bits per heavy atom. The number of fused-ring (bicyclic) bond motifs is 3. The van der Waals surface area contributed by atoms with Crippen LogP contribution in [0.15, 0.2) is 60.7 Å². The average Bonchev–Trinajstić information content (AvgIpc) is 2.68. The first-order chi connectivity index (χ1) is 12.5. The Labute approximate surface area is 154 Å². The lowest BCUT2D eigenvalue weighted by molar-refractivity contribution is -0.110. The van der Waals surface area contributed by atoms with Crippen LogP contribution in [0.3, 0.4) is 0 Å². The Morgan fingerprint density at radius 3 is 1.65 bits per heavy atom. The van der Waals surface area contributed by atoms with Crippen molar-refractivity contribution in [1.29, 1.82) is 0 Å². The van der Waals surface area contributed by atoms with Gasteiger partial charge in [0.05, 0.1) is 0 Å². The number of hydrogen-bond acceptors (Lipinski definition) is 4. The van der Waals surface area contributed by atoms with Gasteiger partial charge >= 0.3 is 10.4 Å². The van der Waals surface area contributed by atoms with Crippen molar-refractivity contribution in [3.63, 3.8) is 0 Å². The maximum Gasteiger partial charge on any atom is 0.398 e. The van der Waals surface area contributed by atoms with Crippen molar-refractivity contribution in [2.24, 2.45) is 5.41 Å². The van der Waals surface area contributed by atoms with Crippen LogP contribution in [0, 0.1) is 5.41 Å². The van der Waals surface area contributed by atoms with Gasteiger partial charge in [0.1, 0.15) is 5.60 Å². The van der Waals surface area contributed by atoms with E-state index in [1.807, 2.05) is 60.7 Å². The molecular weight excluding hydrogens is 350 g/mol. The molecular formula is C20H23NO4S. The summed E-state index contributed by atoms with van der Waals surface area (Å²) in [5.41, 5.74) is -0.103. The van der Waals surface area contributed by atoms with Crippen molar-refractivity contribution >= 4 is 10.4 Å². The molecule has 1 N–H and O–H groups in total. The van der Waals surface area contributed by atoms with E-state index in [1.54, 1.807) is 0 Å². The van der Waals surface area contributed by atoms with Crippen molar-refractivity contribution in [2.45, 2.75) is 24.9 Å². The van der Waals surface area contributed by atoms with Crippen LogP contribution in [0.2, 0.25) is 0 Å². The van der Waals surface area contributed by atoms with E-state index in [0.717, 1.165) is 50.0 Å². The molecule has 2 aromatic carbocycles. The second-order valence-corrected chi connectivity index (χ2v) is 8.32. The van der Waals surface area contributed by atoms with E-state index in [2.05, 4.69) is 4.90 Å². The summed E-state index contributed by atoms with van der Waals surface area (Å²) >= 11 is 0. The van der Waals surface area contributed by atoms with Crippen LogP contribution in [-0.2, 0) is 20.2 Å². The van der Waals surface area contributed by atoms with Crippen LogP contribution in [0.25, 0.3) is 0 Å². The van der Waals surface area contributed by atoms with E-state index in [0.29, 0.717) is 0 Å². The van der Waals surface area contributed by atoms with Crippen molar-refractivity contribution < 1.29 is 17.2 Å². The van der Waals surface area contributed by atoms with Crippen LogP contribution in [0.5, 0.6) is 0 Å². The molecule has 5 rings (SSSR count). The van der Waals surface area contributed by atoms with Crippen molar-refractivity contribution in [2.75, 3.05) is 19.6 Å². The third kappa shape index (κ3) is 2.87. The highest BCUT2D eigenvalue weighted by Crippen LogP contribution is 2.58. The molecule has 5 nitrogen and oxygen atoms in total. The predicted molar refractivity (Wildman–Crippen MR) is 99.0 cm³/mol. The summed E-state index contributed by atoms with van der Waals surface area (Å²) in [6, 6.07) is 18.9. The Hall–Kier alpha value is -1.73. The second kappa shape index (κ2) is 6.46. The van der Waals surface area contributed by atoms with E-state index in [-0.39, 0.29) is 5.41 Å². The average molecular weight is 373 g/mol. The fourth-order valence-corrected chi connectivity index (χ4v) is 5.51. The van der Waals surface area contributed by atoms with Gasteiger partial charge in [-0.15, -0.1) is 0 Å². The van der Waals surface area contributed by atoms with Gasteiger partial charge in [0.25, 0.3) is 0 Å². The Bertz CT molecular complexity index is 806. The second-order valence-electron chi connectivity index (χ2n) is 7.30. The van der Waals surface area contributed by atoms with Crippen LogP contribution >= 0.6 is 0 Å². The molecule has 0 unspecified atom stereocenters. The summed E-state index contributed by atoms with van der Waals surface area (Å²) in [6.45, 7) is 2.74. The fourth-order valence-electron chi connectivity index (χ4n) is 4.82. The molecule has 0 atom stereocenters. The van der Waals surface area contributed by atoms with Crippen LogP contribution < -0.4 is 0 Å². The Morgan fingerprint density at radius 1 is 0.846 bits per heavy atom. The van der Waals surface area contributed by atoms with E-state index in [9.17, 15) is 13.0 Å². The van der Waals surface area contributed by atoms with Gasteiger partial charge in [-0.25, -0.2) is 4.18 Å². The first kappa shape index (κ1) is 17.7. The number of rotatable bonds is 5. The molecule has 26 heavy (non-hydrogen) atoms. The summed E-state index contributed by atoms with van der Waals surface area (Å²) in [5, 5.41) is 0. The molecule has 0 aliphatic carbocycles. The molecule has 0 radical (unpaired) electrons. The molecule has 0 amide bonds. The predicted octanol–water partition coefficient (Wildman–Crippen LogP) is 3.24. The number of hydrogen-bond donors (Lipinski definition) is 1. The lowest BCUT2D eigenvalue weighted by Gasteiger charge is -2.57. The highest BCUT2D eigenvalue weighted by Gasteiger charge is 2.59. The minimum absolute atomic E-state index is 0.389. The third-order valence-electron chi connectivity index (χ3n) is 6.06. The lowest BCUT2D eigenvalue weighted by Crippen LogP contribution is -2.59. The Balaban J connectivity index is 2.00. The number of nitrogens with zero attached hydrogens (tertiary/aromatic N) is 1. The molecule has 3 aliphatic heterocycles. The quantitative estimate of drug-likeness (QED) is 0.815. The van der Waals surface area contributed by atoms with Gasteiger partial charge in [0.2, 0.25) is 0 Å². The molecule has 0 spiro atoms. The van der Waals surface area contributed by atoms with E-state index in [4.69, 9.17) is 4.18 Å². The van der Waals surface area contributed by atoms with Gasteiger partial charge in [-0.05, 0) is 50.0 Å². The van der Waals surface area contributed by atoms with Gasteiger partial charge in [-0.2, -0.15) is 8.42 Å². The molecule has 0 aromatic heterocycles. The summed E-state index contributed by atoms with van der Waals surface area (Å²) in [7, 11) is -4.67. The zero-order chi connectivity index (χ0) is 18.3. The molecule has 3 aliphatic rings. The highest BCUT2D eigenvalue weighted by molar-refractivity contribution is 7.80. The number of piperidine rings is 3. The zero-order valence-electron chi connectivity index (χ0n) is 14.5. The largest absolute Gasteiger partial charge is 0.398 e. The molecule has 6 heteroatoms. The van der Waals surface area contributed by atoms with Gasteiger partial charge < -0.3 is 4.90 Å². The highest BCUT2D eigenvalue weighted by atomic mass is 32.3. The van der Waals surface area contributed by atoms with E-state index in [1.165, 1.54) is 0 Å². The van der Waals surface area contributed by atoms with Crippen molar-refractivity contribution in [3.8, 4) is 0 Å². The first-order valence-corrected chi connectivity index (χ1v) is 10.3. The SMILES string of the molecule is O=S(=O)(O)OC(c1ccccc1)(c1ccccc1)C12CCN(CC1)CC2. The zero-order valence-corrected chi connectivity index (χ0v) is 15.4. The van der Waals surface area contributed by atoms with Crippen molar-refractivity contribution in [3.05, 3.63) is 71.8 Å². The molecule has 0 saturated carbocycles. The molecule has 3 fully saturated rings. The smallest absolute Gasteiger partial charge is 0.303 e. The van der Waals surface area contributed by atoms with Gasteiger partial charge in [0, 0.05) is 5.41 Å². The minimum Gasteiger partial charge on any atom is -0.303 e. The molecule has 3 saturated heterocycles. The summed E-state index contributed by atoms with van der Waals surface area (Å²) in [4.78, 5) is 2.40. The maximum atomic E-state index is 12.0. The molecule has 138 valence electrons.